The van der Waals surface area contributed by atoms with Gasteiger partial charge in [-0.15, -0.1) is 11.3 Å². The number of carboxylic acids is 1. The quantitative estimate of drug-likeness (QED) is 0.841. The van der Waals surface area contributed by atoms with E-state index >= 15 is 0 Å². The fraction of sp³-hybridized carbons (Fsp3) is 0.294. The molecule has 0 fully saturated rings. The molecule has 0 amide bonds. The topological polar surface area (TPSA) is 63.6 Å². The molecular weight excluding hydrogens is 371 g/mol. The summed E-state index contributed by atoms with van der Waals surface area (Å²) < 4.78 is 5.19. The number of carboxylic acid groups (broad SMARTS) is 1. The first kappa shape index (κ1) is 17.3. The van der Waals surface area contributed by atoms with Crippen LogP contribution < -0.4 is 4.74 Å². The van der Waals surface area contributed by atoms with Gasteiger partial charge in [0.1, 0.15) is 10.8 Å². The Hall–Kier alpha value is -1.56. The smallest absolute Gasteiger partial charge is 0.341 e. The SMILES string of the molecule is Cc1ccc(C2(C)Cc3cc(OCC(=O)O)c(Cl)c(Cl)c3C2=O)s1. The summed E-state index contributed by atoms with van der Waals surface area (Å²) in [5.41, 5.74) is 0.431. The number of hydrogen-bond acceptors (Lipinski definition) is 4. The van der Waals surface area contributed by atoms with E-state index in [4.69, 9.17) is 33.0 Å². The van der Waals surface area contributed by atoms with Gasteiger partial charge in [-0.3, -0.25) is 4.79 Å². The van der Waals surface area contributed by atoms with Crippen LogP contribution in [0.4, 0.5) is 0 Å². The Morgan fingerprint density at radius 3 is 2.67 bits per heavy atom. The first-order valence-electron chi connectivity index (χ1n) is 7.21. The van der Waals surface area contributed by atoms with E-state index in [1.54, 1.807) is 17.4 Å². The van der Waals surface area contributed by atoms with Crippen molar-refractivity contribution in [1.82, 2.24) is 0 Å². The fourth-order valence-electron chi connectivity index (χ4n) is 2.95. The van der Waals surface area contributed by atoms with Gasteiger partial charge in [-0.05, 0) is 44.0 Å². The van der Waals surface area contributed by atoms with Crippen molar-refractivity contribution in [2.75, 3.05) is 6.61 Å². The lowest BCUT2D eigenvalue weighted by Gasteiger charge is -2.20. The van der Waals surface area contributed by atoms with E-state index < -0.39 is 18.0 Å². The zero-order chi connectivity index (χ0) is 17.6. The van der Waals surface area contributed by atoms with E-state index in [2.05, 4.69) is 0 Å². The van der Waals surface area contributed by atoms with Crippen LogP contribution in [0.25, 0.3) is 0 Å². The number of ketones is 1. The maximum atomic E-state index is 13.0. The Balaban J connectivity index is 2.05. The van der Waals surface area contributed by atoms with Crippen LogP contribution in [0.15, 0.2) is 18.2 Å². The molecule has 1 N–H and O–H groups in total. The number of halogens is 2. The van der Waals surface area contributed by atoms with Crippen LogP contribution in [0.3, 0.4) is 0 Å². The first-order chi connectivity index (χ1) is 11.2. The molecule has 3 rings (SSSR count). The predicted octanol–water partition coefficient (Wildman–Crippen LogP) is 4.52. The van der Waals surface area contributed by atoms with Crippen LogP contribution in [0.2, 0.25) is 10.0 Å². The standard InChI is InChI=1S/C17H14Cl2O4S/c1-8-3-4-11(24-8)17(2)6-9-5-10(23-7-12(20)21)14(18)15(19)13(9)16(17)22/h3-5H,6-7H2,1-2H3,(H,20,21). The summed E-state index contributed by atoms with van der Waals surface area (Å²) in [4.78, 5) is 25.8. The molecule has 24 heavy (non-hydrogen) atoms. The van der Waals surface area contributed by atoms with Crippen molar-refractivity contribution in [1.29, 1.82) is 0 Å². The molecule has 1 unspecified atom stereocenters. The van der Waals surface area contributed by atoms with E-state index in [1.807, 2.05) is 26.0 Å². The number of ether oxygens (including phenoxy) is 1. The van der Waals surface area contributed by atoms with E-state index in [1.165, 1.54) is 0 Å². The van der Waals surface area contributed by atoms with E-state index in [0.717, 1.165) is 15.3 Å². The number of hydrogen-bond donors (Lipinski definition) is 1. The lowest BCUT2D eigenvalue weighted by molar-refractivity contribution is -0.139. The van der Waals surface area contributed by atoms with Crippen LogP contribution in [0, 0.1) is 6.92 Å². The average Bonchev–Trinajstić information content (AvgIpc) is 3.05. The third kappa shape index (κ3) is 2.70. The number of aryl methyl sites for hydroxylation is 1. The number of thiophene rings is 1. The lowest BCUT2D eigenvalue weighted by atomic mass is 9.84. The summed E-state index contributed by atoms with van der Waals surface area (Å²) >= 11 is 14.0. The molecule has 2 aromatic rings. The minimum atomic E-state index is -1.11. The van der Waals surface area contributed by atoms with Crippen molar-refractivity contribution in [3.05, 3.63) is 49.1 Å². The molecule has 0 spiro atoms. The number of carbonyl (C=O) groups is 2. The van der Waals surface area contributed by atoms with Gasteiger partial charge in [0.05, 0.1) is 10.4 Å². The van der Waals surface area contributed by atoms with E-state index in [-0.39, 0.29) is 21.6 Å². The van der Waals surface area contributed by atoms with E-state index in [9.17, 15) is 9.59 Å². The maximum Gasteiger partial charge on any atom is 0.341 e. The van der Waals surface area contributed by atoms with Crippen molar-refractivity contribution in [2.24, 2.45) is 0 Å². The van der Waals surface area contributed by atoms with Gasteiger partial charge in [-0.1, -0.05) is 23.2 Å². The minimum absolute atomic E-state index is 0.0663. The van der Waals surface area contributed by atoms with Crippen molar-refractivity contribution in [2.45, 2.75) is 25.7 Å². The molecule has 1 heterocycles. The molecule has 1 aliphatic rings. The summed E-state index contributed by atoms with van der Waals surface area (Å²) in [6.07, 6.45) is 0.474. The molecule has 1 atom stereocenters. The second kappa shape index (κ2) is 6.06. The summed E-state index contributed by atoms with van der Waals surface area (Å²) in [5, 5.41) is 8.94. The highest BCUT2D eigenvalue weighted by molar-refractivity contribution is 7.12. The van der Waals surface area contributed by atoms with Gasteiger partial charge < -0.3 is 9.84 Å². The Labute approximate surface area is 153 Å². The molecule has 0 saturated heterocycles. The largest absolute Gasteiger partial charge is 0.480 e. The number of rotatable bonds is 4. The fourth-order valence-corrected chi connectivity index (χ4v) is 4.46. The number of benzene rings is 1. The zero-order valence-corrected chi connectivity index (χ0v) is 15.3. The van der Waals surface area contributed by atoms with Gasteiger partial charge in [0.25, 0.3) is 0 Å². The number of fused-ring (bicyclic) bond motifs is 1. The molecule has 0 aliphatic heterocycles. The van der Waals surface area contributed by atoms with Crippen LogP contribution in [-0.4, -0.2) is 23.5 Å². The number of carbonyl (C=O) groups excluding carboxylic acids is 1. The molecular formula is C17H14Cl2O4S. The summed E-state index contributed by atoms with van der Waals surface area (Å²) in [7, 11) is 0. The lowest BCUT2D eigenvalue weighted by Crippen LogP contribution is -2.28. The van der Waals surface area contributed by atoms with Crippen molar-refractivity contribution in [3.63, 3.8) is 0 Å². The average molecular weight is 385 g/mol. The molecule has 0 radical (unpaired) electrons. The highest BCUT2D eigenvalue weighted by Crippen LogP contribution is 2.48. The van der Waals surface area contributed by atoms with Crippen molar-refractivity contribution < 1.29 is 19.4 Å². The van der Waals surface area contributed by atoms with Gasteiger partial charge in [-0.2, -0.15) is 0 Å². The first-order valence-corrected chi connectivity index (χ1v) is 8.78. The Morgan fingerprint density at radius 1 is 1.38 bits per heavy atom. The van der Waals surface area contributed by atoms with Crippen LogP contribution in [0.5, 0.6) is 5.75 Å². The zero-order valence-electron chi connectivity index (χ0n) is 13.0. The predicted molar refractivity (Wildman–Crippen MR) is 94.0 cm³/mol. The molecule has 0 saturated carbocycles. The highest BCUT2D eigenvalue weighted by atomic mass is 35.5. The molecule has 4 nitrogen and oxygen atoms in total. The van der Waals surface area contributed by atoms with Gasteiger partial charge in [0.15, 0.2) is 12.4 Å². The van der Waals surface area contributed by atoms with Gasteiger partial charge in [0, 0.05) is 15.3 Å². The second-order valence-electron chi connectivity index (χ2n) is 5.97. The van der Waals surface area contributed by atoms with Gasteiger partial charge in [-0.25, -0.2) is 4.79 Å². The maximum absolute atomic E-state index is 13.0. The number of Topliss-reactive ketones (excluding diaryl/α,β-unsaturated/α-hetero) is 1. The van der Waals surface area contributed by atoms with Crippen molar-refractivity contribution in [3.8, 4) is 5.75 Å². The molecule has 126 valence electrons. The molecule has 1 aromatic heterocycles. The van der Waals surface area contributed by atoms with E-state index in [0.29, 0.717) is 12.0 Å². The second-order valence-corrected chi connectivity index (χ2v) is 8.01. The van der Waals surface area contributed by atoms with Gasteiger partial charge in [0.2, 0.25) is 0 Å². The minimum Gasteiger partial charge on any atom is -0.480 e. The number of aliphatic carboxylic acids is 1. The Bertz CT molecular complexity index is 859. The normalized spacial score (nSPS) is 19.4. The van der Waals surface area contributed by atoms with Crippen LogP contribution in [-0.2, 0) is 16.6 Å². The Morgan fingerprint density at radius 2 is 2.08 bits per heavy atom. The molecule has 0 bridgehead atoms. The van der Waals surface area contributed by atoms with Crippen LogP contribution >= 0.6 is 34.5 Å². The molecule has 7 heteroatoms. The summed E-state index contributed by atoms with van der Waals surface area (Å²) in [6.45, 7) is 3.36. The summed E-state index contributed by atoms with van der Waals surface area (Å²) in [5.74, 6) is -1.00. The van der Waals surface area contributed by atoms with Crippen molar-refractivity contribution >= 4 is 46.3 Å². The molecule has 1 aromatic carbocycles. The molecule has 1 aliphatic carbocycles. The highest BCUT2D eigenvalue weighted by Gasteiger charge is 2.46. The Kier molecular flexibility index (Phi) is 4.36. The summed E-state index contributed by atoms with van der Waals surface area (Å²) in [6, 6.07) is 5.56. The monoisotopic (exact) mass is 384 g/mol. The van der Waals surface area contributed by atoms with Gasteiger partial charge >= 0.3 is 5.97 Å². The van der Waals surface area contributed by atoms with Crippen LogP contribution in [0.1, 0.15) is 32.6 Å². The third-order valence-corrected chi connectivity index (χ3v) is 6.28. The third-order valence-electron chi connectivity index (χ3n) is 4.16.